The first-order valence-corrected chi connectivity index (χ1v) is 13.1. The van der Waals surface area contributed by atoms with E-state index in [1.54, 1.807) is 18.2 Å². The number of carbonyl (C=O) groups is 2. The molecule has 0 bridgehead atoms. The van der Waals surface area contributed by atoms with Crippen molar-refractivity contribution >= 4 is 65.2 Å². The van der Waals surface area contributed by atoms with Crippen molar-refractivity contribution in [3.8, 4) is 0 Å². The molecule has 0 spiro atoms. The largest absolute Gasteiger partial charge is 0.281 e. The topological polar surface area (TPSA) is 82.1 Å². The molecule has 0 unspecified atom stereocenters. The van der Waals surface area contributed by atoms with E-state index in [2.05, 4.69) is 54.1 Å². The van der Waals surface area contributed by atoms with Crippen LogP contribution in [0.2, 0.25) is 0 Å². The number of fused-ring (bicyclic) bond motifs is 2. The van der Waals surface area contributed by atoms with E-state index >= 15 is 0 Å². The van der Waals surface area contributed by atoms with Crippen LogP contribution in [-0.2, 0) is 6.54 Å². The molecule has 0 N–H and O–H groups in total. The maximum Gasteiger partial charge on any atom is 0.281 e. The minimum atomic E-state index is -0.497. The molecule has 0 radical (unpaired) electrons. The highest BCUT2D eigenvalue weighted by Gasteiger charge is 2.20. The van der Waals surface area contributed by atoms with Crippen LogP contribution >= 0.6 is 31.9 Å². The van der Waals surface area contributed by atoms with Crippen LogP contribution in [0.1, 0.15) is 40.5 Å². The Balaban J connectivity index is 1.67. The molecule has 0 aliphatic heterocycles. The van der Waals surface area contributed by atoms with Gasteiger partial charge in [0.25, 0.3) is 17.4 Å². The second-order valence-electron chi connectivity index (χ2n) is 8.25. The van der Waals surface area contributed by atoms with Gasteiger partial charge in [-0.3, -0.25) is 9.59 Å². The molecule has 7 nitrogen and oxygen atoms in total. The molecule has 5 rings (SSSR count). The van der Waals surface area contributed by atoms with Crippen molar-refractivity contribution in [3.63, 3.8) is 0 Å². The molecule has 0 atom stereocenters. The molecule has 0 saturated heterocycles. The summed E-state index contributed by atoms with van der Waals surface area (Å²) in [5.41, 5.74) is 0.835. The Morgan fingerprint density at radius 1 is 0.806 bits per heavy atom. The zero-order chi connectivity index (χ0) is 25.2. The van der Waals surface area contributed by atoms with Gasteiger partial charge in [0.15, 0.2) is 0 Å². The van der Waals surface area contributed by atoms with Crippen LogP contribution in [0.15, 0.2) is 86.7 Å². The quantitative estimate of drug-likeness (QED) is 0.225. The minimum absolute atomic E-state index is 0.0555. The number of rotatable bonds is 5. The lowest BCUT2D eigenvalue weighted by atomic mass is 10.0. The van der Waals surface area contributed by atoms with Gasteiger partial charge in [0.2, 0.25) is 0 Å². The second-order valence-corrected chi connectivity index (χ2v) is 9.96. The van der Waals surface area contributed by atoms with Crippen molar-refractivity contribution in [2.75, 3.05) is 0 Å². The summed E-state index contributed by atoms with van der Waals surface area (Å²) < 4.78 is 3.07. The number of tetrazole rings is 1. The summed E-state index contributed by atoms with van der Waals surface area (Å²) in [6.07, 6.45) is 1.70. The molecular weight excluding hydrogens is 586 g/mol. The fraction of sp³-hybridized carbons (Fsp3) is 0.148. The standard InChI is InChI=1S/C27H21Br2N5O2/c1-2-3-16-33-32-31-27(30-25(35)21-12-4-10-19-17(21)8-6-14-23(19)28)34(33)26(36)22-13-5-11-20-18(22)9-7-15-24(20)29/h4-15H,2-3,16H2,1H3. The van der Waals surface area contributed by atoms with Crippen molar-refractivity contribution in [2.24, 2.45) is 4.99 Å². The predicted molar refractivity (Wildman–Crippen MR) is 146 cm³/mol. The predicted octanol–water partition coefficient (Wildman–Crippen LogP) is 6.14. The maximum atomic E-state index is 13.9. The van der Waals surface area contributed by atoms with E-state index < -0.39 is 5.91 Å². The van der Waals surface area contributed by atoms with E-state index in [-0.39, 0.29) is 11.5 Å². The van der Waals surface area contributed by atoms with Gasteiger partial charge < -0.3 is 0 Å². The van der Waals surface area contributed by atoms with Gasteiger partial charge in [0, 0.05) is 20.1 Å². The van der Waals surface area contributed by atoms with Gasteiger partial charge in [0.05, 0.1) is 6.54 Å². The lowest BCUT2D eigenvalue weighted by Crippen LogP contribution is -2.33. The summed E-state index contributed by atoms with van der Waals surface area (Å²) in [6, 6.07) is 22.4. The van der Waals surface area contributed by atoms with E-state index in [1.165, 1.54) is 9.48 Å². The number of benzene rings is 4. The average Bonchev–Trinajstić information content (AvgIpc) is 3.29. The van der Waals surface area contributed by atoms with Gasteiger partial charge in [-0.2, -0.15) is 14.5 Å². The zero-order valence-electron chi connectivity index (χ0n) is 19.4. The lowest BCUT2D eigenvalue weighted by molar-refractivity contribution is 0.0915. The van der Waals surface area contributed by atoms with Gasteiger partial charge in [-0.25, -0.2) is 0 Å². The van der Waals surface area contributed by atoms with Crippen LogP contribution in [0, 0.1) is 0 Å². The molecule has 1 aromatic heterocycles. The first kappa shape index (κ1) is 24.3. The Hall–Kier alpha value is -3.43. The highest BCUT2D eigenvalue weighted by molar-refractivity contribution is 9.11. The summed E-state index contributed by atoms with van der Waals surface area (Å²) in [6.45, 7) is 2.52. The van der Waals surface area contributed by atoms with E-state index in [0.29, 0.717) is 17.7 Å². The van der Waals surface area contributed by atoms with Gasteiger partial charge in [-0.15, -0.1) is 0 Å². The Morgan fingerprint density at radius 2 is 1.36 bits per heavy atom. The van der Waals surface area contributed by atoms with Crippen LogP contribution in [0.3, 0.4) is 0 Å². The normalized spacial score (nSPS) is 11.9. The van der Waals surface area contributed by atoms with Gasteiger partial charge in [0.1, 0.15) is 0 Å². The number of carbonyl (C=O) groups excluding carboxylic acids is 2. The summed E-state index contributed by atoms with van der Waals surface area (Å²) in [7, 11) is 0. The van der Waals surface area contributed by atoms with E-state index in [9.17, 15) is 9.59 Å². The minimum Gasteiger partial charge on any atom is -0.267 e. The van der Waals surface area contributed by atoms with Crippen molar-refractivity contribution < 1.29 is 9.59 Å². The van der Waals surface area contributed by atoms with Crippen molar-refractivity contribution in [1.29, 1.82) is 0 Å². The highest BCUT2D eigenvalue weighted by atomic mass is 79.9. The van der Waals surface area contributed by atoms with E-state index in [1.807, 2.05) is 54.6 Å². The first-order valence-electron chi connectivity index (χ1n) is 11.5. The van der Waals surface area contributed by atoms with Crippen LogP contribution < -0.4 is 5.62 Å². The molecule has 1 heterocycles. The first-order chi connectivity index (χ1) is 17.5. The molecule has 36 heavy (non-hydrogen) atoms. The van der Waals surface area contributed by atoms with Gasteiger partial charge in [-0.1, -0.05) is 98.8 Å². The molecule has 4 aromatic carbocycles. The van der Waals surface area contributed by atoms with Crippen LogP contribution in [0.25, 0.3) is 21.5 Å². The molecular formula is C27H21Br2N5O2. The number of hydrogen-bond donors (Lipinski definition) is 0. The van der Waals surface area contributed by atoms with Crippen molar-refractivity contribution in [1.82, 2.24) is 19.8 Å². The number of unbranched alkanes of at least 4 members (excludes halogenated alkanes) is 1. The number of amides is 1. The van der Waals surface area contributed by atoms with E-state index in [4.69, 9.17) is 0 Å². The second kappa shape index (κ2) is 10.3. The monoisotopic (exact) mass is 605 g/mol. The van der Waals surface area contributed by atoms with Crippen LogP contribution in [0.4, 0.5) is 0 Å². The highest BCUT2D eigenvalue weighted by Crippen LogP contribution is 2.28. The van der Waals surface area contributed by atoms with Gasteiger partial charge >= 0.3 is 0 Å². The molecule has 0 fully saturated rings. The smallest absolute Gasteiger partial charge is 0.267 e. The maximum absolute atomic E-state index is 13.9. The summed E-state index contributed by atoms with van der Waals surface area (Å²) in [5.74, 6) is -0.851. The number of aromatic nitrogens is 4. The SMILES string of the molecule is CCCCn1nnc(=NC(=O)c2cccc3c(Br)cccc23)n1C(=O)c1cccc2c(Br)cccc12. The zero-order valence-corrected chi connectivity index (χ0v) is 22.5. The Labute approximate surface area is 223 Å². The van der Waals surface area contributed by atoms with Crippen molar-refractivity contribution in [3.05, 3.63) is 98.5 Å². The third kappa shape index (κ3) is 4.44. The Morgan fingerprint density at radius 3 is 2.00 bits per heavy atom. The van der Waals surface area contributed by atoms with Crippen molar-refractivity contribution in [2.45, 2.75) is 26.3 Å². The molecule has 0 aliphatic carbocycles. The molecule has 1 amide bonds. The number of aryl methyl sites for hydroxylation is 1. The molecule has 180 valence electrons. The molecule has 0 aliphatic rings. The number of nitrogens with zero attached hydrogens (tertiary/aromatic N) is 5. The van der Waals surface area contributed by atoms with Crippen LogP contribution in [0.5, 0.6) is 0 Å². The average molecular weight is 607 g/mol. The summed E-state index contributed by atoms with van der Waals surface area (Å²) in [4.78, 5) is 33.0. The summed E-state index contributed by atoms with van der Waals surface area (Å²) >= 11 is 7.10. The number of halogens is 2. The fourth-order valence-electron chi connectivity index (χ4n) is 4.17. The van der Waals surface area contributed by atoms with Crippen LogP contribution in [-0.4, -0.2) is 31.6 Å². The number of hydrogen-bond acceptors (Lipinski definition) is 4. The molecule has 9 heteroatoms. The Kier molecular flexibility index (Phi) is 6.93. The third-order valence-corrected chi connectivity index (χ3v) is 7.34. The summed E-state index contributed by atoms with van der Waals surface area (Å²) in [5, 5.41) is 11.6. The molecule has 5 aromatic rings. The lowest BCUT2D eigenvalue weighted by Gasteiger charge is -2.10. The fourth-order valence-corrected chi connectivity index (χ4v) is 5.16. The Bertz CT molecular complexity index is 1700. The third-order valence-electron chi connectivity index (χ3n) is 5.96. The molecule has 0 saturated carbocycles. The van der Waals surface area contributed by atoms with E-state index in [0.717, 1.165) is 43.3 Å². The van der Waals surface area contributed by atoms with Gasteiger partial charge in [-0.05, 0) is 57.4 Å².